The van der Waals surface area contributed by atoms with Gasteiger partial charge in [-0.3, -0.25) is 9.52 Å². The second-order valence-corrected chi connectivity index (χ2v) is 8.25. The van der Waals surface area contributed by atoms with Crippen LogP contribution in [0.5, 0.6) is 0 Å². The van der Waals surface area contributed by atoms with Gasteiger partial charge in [-0.2, -0.15) is 0 Å². The van der Waals surface area contributed by atoms with Gasteiger partial charge in [-0.1, -0.05) is 29.8 Å². The third kappa shape index (κ3) is 3.85. The number of para-hydroxylation sites is 1. The van der Waals surface area contributed by atoms with E-state index in [1.165, 1.54) is 0 Å². The van der Waals surface area contributed by atoms with Crippen LogP contribution in [0, 0.1) is 20.8 Å². The van der Waals surface area contributed by atoms with Crippen LogP contribution in [-0.2, 0) is 10.0 Å². The van der Waals surface area contributed by atoms with Crippen molar-refractivity contribution in [1.82, 2.24) is 5.32 Å². The number of hydrogen-bond acceptors (Lipinski definition) is 3. The molecule has 2 aromatic carbocycles. The van der Waals surface area contributed by atoms with E-state index in [0.717, 1.165) is 18.4 Å². The first-order valence-corrected chi connectivity index (χ1v) is 9.77. The van der Waals surface area contributed by atoms with Crippen LogP contribution in [0.1, 0.15) is 39.9 Å². The van der Waals surface area contributed by atoms with E-state index in [-0.39, 0.29) is 16.8 Å². The Balaban J connectivity index is 1.95. The summed E-state index contributed by atoms with van der Waals surface area (Å²) in [4.78, 5) is 12.6. The quantitative estimate of drug-likeness (QED) is 0.861. The zero-order chi connectivity index (χ0) is 18.2. The van der Waals surface area contributed by atoms with Crippen molar-refractivity contribution in [2.45, 2.75) is 44.6 Å². The summed E-state index contributed by atoms with van der Waals surface area (Å²) in [5.41, 5.74) is 3.01. The minimum Gasteiger partial charge on any atom is -0.349 e. The molecule has 0 saturated heterocycles. The maximum Gasteiger partial charge on any atom is 0.262 e. The molecule has 0 radical (unpaired) electrons. The van der Waals surface area contributed by atoms with Gasteiger partial charge in [0.2, 0.25) is 0 Å². The Hall–Kier alpha value is -2.34. The molecule has 0 atom stereocenters. The predicted octanol–water partition coefficient (Wildman–Crippen LogP) is 3.30. The molecule has 25 heavy (non-hydrogen) atoms. The summed E-state index contributed by atoms with van der Waals surface area (Å²) >= 11 is 0. The van der Waals surface area contributed by atoms with E-state index in [9.17, 15) is 13.2 Å². The minimum atomic E-state index is -3.79. The molecule has 3 rings (SSSR count). The van der Waals surface area contributed by atoms with Crippen LogP contribution >= 0.6 is 0 Å². The second-order valence-electron chi connectivity index (χ2n) is 6.63. The fourth-order valence-electron chi connectivity index (χ4n) is 3.05. The second kappa shape index (κ2) is 6.52. The molecule has 1 amide bonds. The molecule has 1 aliphatic carbocycles. The number of sulfonamides is 1. The summed E-state index contributed by atoms with van der Waals surface area (Å²) in [6.45, 7) is 5.49. The number of hydrogen-bond donors (Lipinski definition) is 2. The van der Waals surface area contributed by atoms with Gasteiger partial charge in [-0.15, -0.1) is 0 Å². The summed E-state index contributed by atoms with van der Waals surface area (Å²) in [6, 6.07) is 10.6. The first kappa shape index (κ1) is 17.5. The number of carbonyl (C=O) groups is 1. The van der Waals surface area contributed by atoms with Gasteiger partial charge < -0.3 is 5.32 Å². The minimum absolute atomic E-state index is 0.207. The van der Waals surface area contributed by atoms with Crippen molar-refractivity contribution in [2.75, 3.05) is 4.72 Å². The van der Waals surface area contributed by atoms with Crippen molar-refractivity contribution in [3.63, 3.8) is 0 Å². The number of benzene rings is 2. The summed E-state index contributed by atoms with van der Waals surface area (Å²) < 4.78 is 28.4. The maximum atomic E-state index is 12.9. The van der Waals surface area contributed by atoms with Crippen molar-refractivity contribution >= 4 is 21.6 Å². The molecule has 0 aromatic heterocycles. The first-order valence-electron chi connectivity index (χ1n) is 8.28. The Morgan fingerprint density at radius 3 is 2.24 bits per heavy atom. The van der Waals surface area contributed by atoms with E-state index < -0.39 is 10.0 Å². The van der Waals surface area contributed by atoms with Gasteiger partial charge in [0.05, 0.1) is 16.1 Å². The highest BCUT2D eigenvalue weighted by atomic mass is 32.2. The van der Waals surface area contributed by atoms with Gasteiger partial charge in [0.1, 0.15) is 0 Å². The number of rotatable bonds is 5. The van der Waals surface area contributed by atoms with E-state index in [0.29, 0.717) is 22.4 Å². The predicted molar refractivity (Wildman–Crippen MR) is 98.4 cm³/mol. The zero-order valence-corrected chi connectivity index (χ0v) is 15.4. The number of nitrogens with one attached hydrogen (secondary N) is 2. The normalized spacial score (nSPS) is 14.2. The van der Waals surface area contributed by atoms with Crippen molar-refractivity contribution < 1.29 is 13.2 Å². The molecule has 1 aliphatic rings. The van der Waals surface area contributed by atoms with E-state index in [1.807, 2.05) is 19.1 Å². The molecule has 0 unspecified atom stereocenters. The maximum absolute atomic E-state index is 12.9. The molecule has 0 aliphatic heterocycles. The lowest BCUT2D eigenvalue weighted by Gasteiger charge is -2.16. The van der Waals surface area contributed by atoms with Crippen LogP contribution in [0.2, 0.25) is 0 Å². The van der Waals surface area contributed by atoms with E-state index >= 15 is 0 Å². The van der Waals surface area contributed by atoms with Gasteiger partial charge in [0, 0.05) is 6.04 Å². The van der Waals surface area contributed by atoms with Crippen LogP contribution in [0.3, 0.4) is 0 Å². The van der Waals surface area contributed by atoms with E-state index in [2.05, 4.69) is 10.0 Å². The van der Waals surface area contributed by atoms with E-state index in [4.69, 9.17) is 0 Å². The fourth-order valence-corrected chi connectivity index (χ4v) is 4.58. The molecule has 1 saturated carbocycles. The third-order valence-corrected chi connectivity index (χ3v) is 5.87. The average molecular weight is 358 g/mol. The lowest BCUT2D eigenvalue weighted by Crippen LogP contribution is -2.27. The Morgan fingerprint density at radius 1 is 1.04 bits per heavy atom. The molecule has 5 nitrogen and oxygen atoms in total. The van der Waals surface area contributed by atoms with E-state index in [1.54, 1.807) is 38.1 Å². The topological polar surface area (TPSA) is 75.3 Å². The van der Waals surface area contributed by atoms with Crippen LogP contribution in [0.4, 0.5) is 5.69 Å². The van der Waals surface area contributed by atoms with Gasteiger partial charge in [0.25, 0.3) is 15.9 Å². The van der Waals surface area contributed by atoms with Crippen LogP contribution in [0.15, 0.2) is 41.3 Å². The fraction of sp³-hybridized carbons (Fsp3) is 0.316. The van der Waals surface area contributed by atoms with Gasteiger partial charge in [0.15, 0.2) is 0 Å². The molecular formula is C19H22N2O3S. The highest BCUT2D eigenvalue weighted by Crippen LogP contribution is 2.26. The largest absolute Gasteiger partial charge is 0.349 e. The van der Waals surface area contributed by atoms with Gasteiger partial charge in [-0.25, -0.2) is 8.42 Å². The molecule has 0 bridgehead atoms. The molecule has 1 fully saturated rings. The molecule has 2 aromatic rings. The van der Waals surface area contributed by atoms with Gasteiger partial charge >= 0.3 is 0 Å². The molecular weight excluding hydrogens is 336 g/mol. The van der Waals surface area contributed by atoms with Crippen LogP contribution in [0.25, 0.3) is 0 Å². The summed E-state index contributed by atoms with van der Waals surface area (Å²) in [5, 5.41) is 2.89. The lowest BCUT2D eigenvalue weighted by molar-refractivity contribution is 0.0952. The SMILES string of the molecule is Cc1cc(C)c(S(=O)(=O)Nc2ccccc2C(=O)NC2CC2)c(C)c1. The summed E-state index contributed by atoms with van der Waals surface area (Å²) in [6.07, 6.45) is 1.95. The Bertz CT molecular complexity index is 908. The number of aryl methyl sites for hydroxylation is 3. The Labute approximate surface area is 148 Å². The monoisotopic (exact) mass is 358 g/mol. The third-order valence-electron chi connectivity index (χ3n) is 4.20. The van der Waals surface area contributed by atoms with Crippen molar-refractivity contribution in [1.29, 1.82) is 0 Å². The Morgan fingerprint density at radius 2 is 1.64 bits per heavy atom. The molecule has 132 valence electrons. The molecule has 2 N–H and O–H groups in total. The van der Waals surface area contributed by atoms with Crippen molar-refractivity contribution in [3.05, 3.63) is 58.7 Å². The summed E-state index contributed by atoms with van der Waals surface area (Å²) in [7, 11) is -3.79. The Kier molecular flexibility index (Phi) is 4.56. The lowest BCUT2D eigenvalue weighted by atomic mass is 10.1. The van der Waals surface area contributed by atoms with Gasteiger partial charge in [-0.05, 0) is 56.9 Å². The average Bonchev–Trinajstić information content (AvgIpc) is 3.29. The molecule has 0 spiro atoms. The zero-order valence-electron chi connectivity index (χ0n) is 14.6. The molecule has 6 heteroatoms. The van der Waals surface area contributed by atoms with Crippen molar-refractivity contribution in [2.24, 2.45) is 0 Å². The standard InChI is InChI=1S/C19H22N2O3S/c1-12-10-13(2)18(14(3)11-12)25(23,24)21-17-7-5-4-6-16(17)19(22)20-15-8-9-15/h4-7,10-11,15,21H,8-9H2,1-3H3,(H,20,22). The first-order chi connectivity index (χ1) is 11.8. The van der Waals surface area contributed by atoms with Crippen molar-refractivity contribution in [3.8, 4) is 0 Å². The molecule has 0 heterocycles. The summed E-state index contributed by atoms with van der Waals surface area (Å²) in [5.74, 6) is -0.252. The van der Waals surface area contributed by atoms with Crippen LogP contribution in [-0.4, -0.2) is 20.4 Å². The number of amides is 1. The highest BCUT2D eigenvalue weighted by Gasteiger charge is 2.26. The highest BCUT2D eigenvalue weighted by molar-refractivity contribution is 7.92. The van der Waals surface area contributed by atoms with Crippen LogP contribution < -0.4 is 10.0 Å². The number of anilines is 1. The smallest absolute Gasteiger partial charge is 0.262 e. The number of carbonyl (C=O) groups excluding carboxylic acids is 1.